The summed E-state index contributed by atoms with van der Waals surface area (Å²) in [4.78, 5) is 13.3. The first-order valence-electron chi connectivity index (χ1n) is 11.8. The predicted octanol–water partition coefficient (Wildman–Crippen LogP) is 4.78. The second kappa shape index (κ2) is 6.41. The van der Waals surface area contributed by atoms with Gasteiger partial charge in [-0.15, -0.1) is 6.58 Å². The van der Waals surface area contributed by atoms with Gasteiger partial charge in [0.05, 0.1) is 12.7 Å². The molecular weight excluding hydrogens is 348 g/mol. The molecule has 0 aliphatic heterocycles. The van der Waals surface area contributed by atoms with Crippen LogP contribution in [0.2, 0.25) is 0 Å². The van der Waals surface area contributed by atoms with Crippen molar-refractivity contribution in [3.05, 3.63) is 12.7 Å². The van der Waals surface area contributed by atoms with Gasteiger partial charge in [-0.05, 0) is 112 Å². The lowest BCUT2D eigenvalue weighted by Crippen LogP contribution is -2.48. The number of ketones is 1. The summed E-state index contributed by atoms with van der Waals surface area (Å²) in [5.74, 6) is 3.50. The minimum atomic E-state index is -0.145. The van der Waals surface area contributed by atoms with E-state index >= 15 is 0 Å². The van der Waals surface area contributed by atoms with Crippen molar-refractivity contribution in [1.82, 2.24) is 0 Å². The van der Waals surface area contributed by atoms with Crippen LogP contribution < -0.4 is 0 Å². The third kappa shape index (κ3) is 2.16. The molecule has 0 aromatic rings. The van der Waals surface area contributed by atoms with Gasteiger partial charge in [-0.25, -0.2) is 0 Å². The topological polar surface area (TPSA) is 46.5 Å². The Hall–Kier alpha value is -0.670. The molecule has 5 aliphatic carbocycles. The minimum absolute atomic E-state index is 0.130. The quantitative estimate of drug-likeness (QED) is 0.708. The van der Waals surface area contributed by atoms with Crippen LogP contribution in [0.3, 0.4) is 0 Å². The zero-order valence-electron chi connectivity index (χ0n) is 17.8. The van der Waals surface area contributed by atoms with E-state index in [9.17, 15) is 9.90 Å². The van der Waals surface area contributed by atoms with Crippen LogP contribution in [0.15, 0.2) is 12.7 Å². The molecule has 5 aliphatic rings. The molecule has 156 valence electrons. The van der Waals surface area contributed by atoms with Gasteiger partial charge in [0.25, 0.3) is 0 Å². The molecule has 0 aromatic heterocycles. The average Bonchev–Trinajstić information content (AvgIpc) is 3.18. The van der Waals surface area contributed by atoms with Crippen molar-refractivity contribution in [3.63, 3.8) is 0 Å². The summed E-state index contributed by atoms with van der Waals surface area (Å²) in [6.07, 6.45) is 13.3. The first-order chi connectivity index (χ1) is 13.5. The first kappa shape index (κ1) is 19.3. The summed E-state index contributed by atoms with van der Waals surface area (Å²) in [6, 6.07) is 0. The monoisotopic (exact) mass is 386 g/mol. The van der Waals surface area contributed by atoms with Gasteiger partial charge in [0.15, 0.2) is 0 Å². The lowest BCUT2D eigenvalue weighted by Gasteiger charge is -2.52. The largest absolute Gasteiger partial charge is 0.393 e. The number of aliphatic hydroxyl groups is 1. The second-order valence-corrected chi connectivity index (χ2v) is 11.0. The fourth-order valence-corrected chi connectivity index (χ4v) is 9.75. The number of rotatable bonds is 4. The summed E-state index contributed by atoms with van der Waals surface area (Å²) in [5.41, 5.74) is 0.323. The number of allylic oxidation sites excluding steroid dienone is 1. The molecule has 5 rings (SSSR count). The van der Waals surface area contributed by atoms with Crippen LogP contribution in [0.1, 0.15) is 71.1 Å². The standard InChI is InChI=1S/C25H38O3/c1-4-17-7-12-25-21-6-5-18-13-20(27)9-10-23(18,15-28-3)19(14-22(21)25)8-11-24(17,25)16(2)26/h4,17-22,27H,1,5-15H2,2-3H3/t17?,18-,19-,20+,21?,22?,23?,24?,25-/m0/s1. The Balaban J connectivity index is 1.58. The van der Waals surface area contributed by atoms with Crippen LogP contribution >= 0.6 is 0 Å². The highest BCUT2D eigenvalue weighted by Crippen LogP contribution is 2.83. The number of carbonyl (C=O) groups is 1. The van der Waals surface area contributed by atoms with Crippen LogP contribution in [0, 0.1) is 45.8 Å². The summed E-state index contributed by atoms with van der Waals surface area (Å²) >= 11 is 0. The Kier molecular flexibility index (Phi) is 4.42. The van der Waals surface area contributed by atoms with E-state index < -0.39 is 0 Å². The van der Waals surface area contributed by atoms with Crippen molar-refractivity contribution in [3.8, 4) is 0 Å². The van der Waals surface area contributed by atoms with Gasteiger partial charge in [-0.1, -0.05) is 6.08 Å². The van der Waals surface area contributed by atoms with E-state index in [4.69, 9.17) is 4.74 Å². The summed E-state index contributed by atoms with van der Waals surface area (Å²) in [6.45, 7) is 6.87. The van der Waals surface area contributed by atoms with Crippen LogP contribution in [0.25, 0.3) is 0 Å². The van der Waals surface area contributed by atoms with E-state index in [1.807, 2.05) is 14.0 Å². The van der Waals surface area contributed by atoms with Gasteiger partial charge in [0.2, 0.25) is 0 Å². The van der Waals surface area contributed by atoms with Gasteiger partial charge in [0, 0.05) is 12.5 Å². The van der Waals surface area contributed by atoms with Gasteiger partial charge >= 0.3 is 0 Å². The van der Waals surface area contributed by atoms with E-state index in [0.717, 1.165) is 57.0 Å². The van der Waals surface area contributed by atoms with Gasteiger partial charge in [0.1, 0.15) is 5.78 Å². The molecular formula is C25H38O3. The highest BCUT2D eigenvalue weighted by molar-refractivity contribution is 5.85. The number of hydrogen-bond acceptors (Lipinski definition) is 3. The number of methoxy groups -OCH3 is 1. The number of fused-ring (bicyclic) bond motifs is 3. The Morgan fingerprint density at radius 2 is 1.86 bits per heavy atom. The van der Waals surface area contributed by atoms with Crippen molar-refractivity contribution in [2.24, 2.45) is 45.8 Å². The fraction of sp³-hybridized carbons (Fsp3) is 0.880. The summed E-state index contributed by atoms with van der Waals surface area (Å²) < 4.78 is 5.85. The maximum Gasteiger partial charge on any atom is 0.137 e. The zero-order valence-corrected chi connectivity index (χ0v) is 17.8. The van der Waals surface area contributed by atoms with Crippen LogP contribution in [0.4, 0.5) is 0 Å². The maximum absolute atomic E-state index is 13.3. The molecule has 1 spiro atoms. The third-order valence-corrected chi connectivity index (χ3v) is 10.7. The van der Waals surface area contributed by atoms with Crippen molar-refractivity contribution in [2.75, 3.05) is 13.7 Å². The molecule has 1 N–H and O–H groups in total. The Bertz CT molecular complexity index is 673. The van der Waals surface area contributed by atoms with Crippen molar-refractivity contribution >= 4 is 5.78 Å². The number of hydrogen-bond donors (Lipinski definition) is 1. The molecule has 0 saturated heterocycles. The Labute approximate surface area is 170 Å². The van der Waals surface area contributed by atoms with Crippen LogP contribution in [-0.2, 0) is 9.53 Å². The molecule has 0 aromatic carbocycles. The van der Waals surface area contributed by atoms with E-state index in [1.165, 1.54) is 25.7 Å². The predicted molar refractivity (Wildman–Crippen MR) is 110 cm³/mol. The number of carbonyl (C=O) groups excluding carboxylic acids is 1. The number of aliphatic hydroxyl groups excluding tert-OH is 1. The Morgan fingerprint density at radius 1 is 1.07 bits per heavy atom. The van der Waals surface area contributed by atoms with Gasteiger partial charge < -0.3 is 9.84 Å². The SMILES string of the molecule is C=CC1CC[C@@]23C4CC[C@H]5C[C@H](O)CCC5(COC)[C@@H](CCC12C(C)=O)CC43. The lowest BCUT2D eigenvalue weighted by atomic mass is 9.54. The van der Waals surface area contributed by atoms with E-state index in [2.05, 4.69) is 12.7 Å². The zero-order chi connectivity index (χ0) is 19.7. The molecule has 0 heterocycles. The molecule has 5 unspecified atom stereocenters. The average molecular weight is 387 g/mol. The highest BCUT2D eigenvalue weighted by Gasteiger charge is 2.79. The Morgan fingerprint density at radius 3 is 2.57 bits per heavy atom. The first-order valence-corrected chi connectivity index (χ1v) is 11.8. The molecule has 28 heavy (non-hydrogen) atoms. The number of Topliss-reactive ketones (excluding diaryl/α,β-unsaturated/α-hetero) is 1. The molecule has 3 nitrogen and oxygen atoms in total. The minimum Gasteiger partial charge on any atom is -0.393 e. The third-order valence-electron chi connectivity index (χ3n) is 10.7. The van der Waals surface area contributed by atoms with Crippen LogP contribution in [-0.4, -0.2) is 30.7 Å². The van der Waals surface area contributed by atoms with E-state index in [-0.39, 0.29) is 22.3 Å². The van der Waals surface area contributed by atoms with Gasteiger partial charge in [-0.2, -0.15) is 0 Å². The second-order valence-electron chi connectivity index (χ2n) is 11.0. The molecule has 2 bridgehead atoms. The summed E-state index contributed by atoms with van der Waals surface area (Å²) in [7, 11) is 1.85. The van der Waals surface area contributed by atoms with E-state index in [1.54, 1.807) is 0 Å². The van der Waals surface area contributed by atoms with E-state index in [0.29, 0.717) is 23.5 Å². The highest BCUT2D eigenvalue weighted by atomic mass is 16.5. The molecule has 5 saturated carbocycles. The molecule has 5 fully saturated rings. The fourth-order valence-electron chi connectivity index (χ4n) is 9.75. The van der Waals surface area contributed by atoms with Crippen molar-refractivity contribution < 1.29 is 14.6 Å². The maximum atomic E-state index is 13.3. The van der Waals surface area contributed by atoms with Crippen molar-refractivity contribution in [2.45, 2.75) is 77.2 Å². The van der Waals surface area contributed by atoms with Crippen molar-refractivity contribution in [1.29, 1.82) is 0 Å². The van der Waals surface area contributed by atoms with Gasteiger partial charge in [-0.3, -0.25) is 4.79 Å². The lowest BCUT2D eigenvalue weighted by molar-refractivity contribution is -0.133. The molecule has 0 amide bonds. The molecule has 0 radical (unpaired) electrons. The normalized spacial score (nSPS) is 54.5. The molecule has 9 atom stereocenters. The number of ether oxygens (including phenoxy) is 1. The van der Waals surface area contributed by atoms with Crippen LogP contribution in [0.5, 0.6) is 0 Å². The summed E-state index contributed by atoms with van der Waals surface area (Å²) in [5, 5.41) is 10.4. The smallest absolute Gasteiger partial charge is 0.137 e. The molecule has 3 heteroatoms.